The number of rotatable bonds is 6. The molecule has 0 radical (unpaired) electrons. The Morgan fingerprint density at radius 3 is 1.43 bits per heavy atom. The number of benzene rings is 5. The molecule has 0 bridgehead atoms. The van der Waals surface area contributed by atoms with Gasteiger partial charge in [-0.1, -0.05) is 122 Å². The van der Waals surface area contributed by atoms with E-state index < -0.39 is 0 Å². The molecule has 0 saturated heterocycles. The van der Waals surface area contributed by atoms with E-state index in [1.165, 1.54) is 5.39 Å². The van der Waals surface area contributed by atoms with Crippen molar-refractivity contribution >= 4 is 33.7 Å². The highest BCUT2D eigenvalue weighted by Crippen LogP contribution is 2.41. The third-order valence-electron chi connectivity index (χ3n) is 7.95. The second kappa shape index (κ2) is 10.8. The second-order valence-electron chi connectivity index (χ2n) is 10.3. The van der Waals surface area contributed by atoms with E-state index in [-0.39, 0.29) is 0 Å². The minimum absolute atomic E-state index is 0.904. The van der Waals surface area contributed by atoms with E-state index in [4.69, 9.17) is 9.97 Å². The molecule has 7 aromatic rings. The summed E-state index contributed by atoms with van der Waals surface area (Å²) in [4.78, 5) is 9.83. The summed E-state index contributed by atoms with van der Waals surface area (Å²) in [6.07, 6.45) is 7.76. The maximum atomic E-state index is 4.92. The molecule has 2 heterocycles. The van der Waals surface area contributed by atoms with Crippen molar-refractivity contribution in [3.8, 4) is 44.8 Å². The van der Waals surface area contributed by atoms with E-state index in [9.17, 15) is 0 Å². The lowest BCUT2D eigenvalue weighted by Gasteiger charge is -2.17. The molecule has 0 spiro atoms. The molecular weight excluding hydrogens is 508 g/mol. The Bertz CT molecular complexity index is 2070. The number of hydrogen-bond acceptors (Lipinski definition) is 2. The van der Waals surface area contributed by atoms with Gasteiger partial charge in [0.15, 0.2) is 0 Å². The van der Waals surface area contributed by atoms with Gasteiger partial charge in [-0.05, 0) is 68.1 Å². The summed E-state index contributed by atoms with van der Waals surface area (Å²) in [6, 6.07) is 42.2. The zero-order valence-electron chi connectivity index (χ0n) is 23.2. The van der Waals surface area contributed by atoms with Crippen LogP contribution in [0.25, 0.3) is 78.5 Å². The lowest BCUT2D eigenvalue weighted by molar-refractivity contribution is 1.32. The van der Waals surface area contributed by atoms with Gasteiger partial charge in [0.1, 0.15) is 0 Å². The van der Waals surface area contributed by atoms with Crippen molar-refractivity contribution in [2.75, 3.05) is 0 Å². The minimum atomic E-state index is 0.904. The first kappa shape index (κ1) is 25.4. The van der Waals surface area contributed by atoms with E-state index in [1.54, 1.807) is 0 Å². The summed E-state index contributed by atoms with van der Waals surface area (Å²) < 4.78 is 0. The van der Waals surface area contributed by atoms with Gasteiger partial charge in [-0.15, -0.1) is 0 Å². The van der Waals surface area contributed by atoms with Crippen LogP contribution < -0.4 is 0 Å². The van der Waals surface area contributed by atoms with Crippen LogP contribution in [0.15, 0.2) is 147 Å². The van der Waals surface area contributed by atoms with Crippen LogP contribution in [0, 0.1) is 0 Å². The van der Waals surface area contributed by atoms with Crippen LogP contribution in [0.4, 0.5) is 0 Å². The van der Waals surface area contributed by atoms with E-state index in [1.807, 2.05) is 48.8 Å². The van der Waals surface area contributed by atoms with Crippen molar-refractivity contribution in [2.24, 2.45) is 0 Å². The Morgan fingerprint density at radius 1 is 0.405 bits per heavy atom. The molecular formula is C40H28N2. The molecule has 2 nitrogen and oxygen atoms in total. The average molecular weight is 537 g/mol. The predicted molar refractivity (Wildman–Crippen MR) is 179 cm³/mol. The third-order valence-corrected chi connectivity index (χ3v) is 7.95. The van der Waals surface area contributed by atoms with Crippen LogP contribution in [0.2, 0.25) is 0 Å². The van der Waals surface area contributed by atoms with Crippen molar-refractivity contribution < 1.29 is 0 Å². The summed E-state index contributed by atoms with van der Waals surface area (Å²) >= 11 is 0. The van der Waals surface area contributed by atoms with Crippen LogP contribution in [0.1, 0.15) is 11.1 Å². The van der Waals surface area contributed by atoms with Crippen molar-refractivity contribution in [1.29, 1.82) is 0 Å². The fourth-order valence-corrected chi connectivity index (χ4v) is 5.86. The number of nitrogens with zero attached hydrogens (tertiary/aromatic N) is 2. The molecule has 5 aromatic carbocycles. The lowest BCUT2D eigenvalue weighted by Crippen LogP contribution is -1.95. The SMILES string of the molecule is C=Cc1c(-c2ccc(-c3ccccc3)cn2)cc2c(cc(-c3ccc(-c4ccccc4)cn3)c3ccccc32)c1C=C. The van der Waals surface area contributed by atoms with E-state index in [2.05, 4.69) is 110 Å². The summed E-state index contributed by atoms with van der Waals surface area (Å²) in [7, 11) is 0. The number of fused-ring (bicyclic) bond motifs is 3. The first-order chi connectivity index (χ1) is 20.7. The molecule has 0 saturated carbocycles. The zero-order valence-corrected chi connectivity index (χ0v) is 23.2. The highest BCUT2D eigenvalue weighted by molar-refractivity contribution is 6.17. The highest BCUT2D eigenvalue weighted by Gasteiger charge is 2.17. The van der Waals surface area contributed by atoms with Crippen LogP contribution in [-0.2, 0) is 0 Å². The quantitative estimate of drug-likeness (QED) is 0.198. The highest BCUT2D eigenvalue weighted by atomic mass is 14.7. The molecule has 7 rings (SSSR count). The van der Waals surface area contributed by atoms with Crippen molar-refractivity contribution in [3.05, 3.63) is 158 Å². The van der Waals surface area contributed by atoms with Gasteiger partial charge in [-0.25, -0.2) is 0 Å². The first-order valence-corrected chi connectivity index (χ1v) is 14.1. The molecule has 2 heteroatoms. The molecule has 0 aliphatic heterocycles. The normalized spacial score (nSPS) is 11.0. The van der Waals surface area contributed by atoms with Gasteiger partial charge in [0.25, 0.3) is 0 Å². The fourth-order valence-electron chi connectivity index (χ4n) is 5.86. The van der Waals surface area contributed by atoms with Gasteiger partial charge in [0.05, 0.1) is 11.4 Å². The average Bonchev–Trinajstić information content (AvgIpc) is 3.08. The third kappa shape index (κ3) is 4.40. The molecule has 0 atom stereocenters. The Balaban J connectivity index is 1.42. The van der Waals surface area contributed by atoms with Crippen LogP contribution in [0.3, 0.4) is 0 Å². The molecule has 0 aliphatic rings. The lowest BCUT2D eigenvalue weighted by atomic mass is 9.87. The van der Waals surface area contributed by atoms with Gasteiger partial charge in [0.2, 0.25) is 0 Å². The largest absolute Gasteiger partial charge is 0.256 e. The van der Waals surface area contributed by atoms with E-state index >= 15 is 0 Å². The Labute approximate surface area is 246 Å². The molecule has 0 unspecified atom stereocenters. The fraction of sp³-hybridized carbons (Fsp3) is 0. The molecule has 0 amide bonds. The van der Waals surface area contributed by atoms with Crippen LogP contribution in [0.5, 0.6) is 0 Å². The number of aromatic nitrogens is 2. The van der Waals surface area contributed by atoms with E-state index in [0.29, 0.717) is 0 Å². The van der Waals surface area contributed by atoms with Gasteiger partial charge in [0, 0.05) is 34.6 Å². The van der Waals surface area contributed by atoms with Crippen LogP contribution in [-0.4, -0.2) is 9.97 Å². The topological polar surface area (TPSA) is 25.8 Å². The van der Waals surface area contributed by atoms with Crippen LogP contribution >= 0.6 is 0 Å². The van der Waals surface area contributed by atoms with Crippen molar-refractivity contribution in [2.45, 2.75) is 0 Å². The van der Waals surface area contributed by atoms with Gasteiger partial charge < -0.3 is 0 Å². The van der Waals surface area contributed by atoms with Gasteiger partial charge >= 0.3 is 0 Å². The van der Waals surface area contributed by atoms with Gasteiger partial charge in [-0.2, -0.15) is 0 Å². The predicted octanol–water partition coefficient (Wildman–Crippen LogP) is 10.7. The molecule has 2 aromatic heterocycles. The smallest absolute Gasteiger partial charge is 0.0708 e. The second-order valence-corrected chi connectivity index (χ2v) is 10.3. The summed E-state index contributed by atoms with van der Waals surface area (Å²) in [5, 5.41) is 4.59. The van der Waals surface area contributed by atoms with Crippen molar-refractivity contribution in [1.82, 2.24) is 9.97 Å². The first-order valence-electron chi connectivity index (χ1n) is 14.1. The molecule has 0 fully saturated rings. The summed E-state index contributed by atoms with van der Waals surface area (Å²) in [5.74, 6) is 0. The maximum Gasteiger partial charge on any atom is 0.0708 e. The maximum absolute atomic E-state index is 4.92. The standard InChI is InChI=1S/C40H28N2/c1-3-31-32(4-2)37(39-21-19-29(25-41-39)27-13-7-5-8-14-27)24-36-33-17-11-12-18-34(33)38(23-35(31)36)40-22-20-30(26-42-40)28-15-9-6-10-16-28/h3-26H,1-2H2. The zero-order chi connectivity index (χ0) is 28.5. The summed E-state index contributed by atoms with van der Waals surface area (Å²) in [5.41, 5.74) is 10.5. The van der Waals surface area contributed by atoms with E-state index in [0.717, 1.165) is 72.1 Å². The summed E-state index contributed by atoms with van der Waals surface area (Å²) in [6.45, 7) is 8.41. The number of hydrogen-bond donors (Lipinski definition) is 0. The molecule has 42 heavy (non-hydrogen) atoms. The Hall–Kier alpha value is -5.60. The Kier molecular flexibility index (Phi) is 6.50. The van der Waals surface area contributed by atoms with Gasteiger partial charge in [-0.3, -0.25) is 9.97 Å². The molecule has 0 aliphatic carbocycles. The van der Waals surface area contributed by atoms with Crippen molar-refractivity contribution in [3.63, 3.8) is 0 Å². The monoisotopic (exact) mass is 536 g/mol. The molecule has 198 valence electrons. The molecule has 0 N–H and O–H groups in total. The number of pyridine rings is 2. The minimum Gasteiger partial charge on any atom is -0.256 e. The Morgan fingerprint density at radius 2 is 0.905 bits per heavy atom.